The molecule has 0 bridgehead atoms. The standard InChI is InChI=1S/C13H14N6S/c1-2-3-12-17-9-5-4-8(6-11(9)20-12)18-19-10(7-14)13(15)16/h4-6,18H,2-3H2,1H3,(H3,15,16)/b19-10+. The Balaban J connectivity index is 2.24. The fourth-order valence-electron chi connectivity index (χ4n) is 1.63. The van der Waals surface area contributed by atoms with Gasteiger partial charge >= 0.3 is 0 Å². The van der Waals surface area contributed by atoms with E-state index < -0.39 is 0 Å². The van der Waals surface area contributed by atoms with Crippen molar-refractivity contribution in [3.63, 3.8) is 0 Å². The van der Waals surface area contributed by atoms with Gasteiger partial charge in [-0.15, -0.1) is 11.3 Å². The molecule has 102 valence electrons. The lowest BCUT2D eigenvalue weighted by molar-refractivity contribution is 0.913. The molecule has 0 unspecified atom stereocenters. The molecule has 20 heavy (non-hydrogen) atoms. The highest BCUT2D eigenvalue weighted by molar-refractivity contribution is 7.18. The average molecular weight is 286 g/mol. The van der Waals surface area contributed by atoms with E-state index in [1.165, 1.54) is 0 Å². The molecule has 6 nitrogen and oxygen atoms in total. The third kappa shape index (κ3) is 3.10. The topological polar surface area (TPSA) is 111 Å². The molecule has 0 amide bonds. The number of rotatable bonds is 5. The van der Waals surface area contributed by atoms with Crippen LogP contribution < -0.4 is 11.2 Å². The fraction of sp³-hybridized carbons (Fsp3) is 0.231. The number of nitrogens with two attached hydrogens (primary N) is 1. The van der Waals surface area contributed by atoms with E-state index in [1.807, 2.05) is 18.2 Å². The summed E-state index contributed by atoms with van der Waals surface area (Å²) in [5, 5.41) is 20.9. The summed E-state index contributed by atoms with van der Waals surface area (Å²) < 4.78 is 1.06. The third-order valence-corrected chi connectivity index (χ3v) is 3.63. The minimum absolute atomic E-state index is 0.138. The second-order valence-corrected chi connectivity index (χ2v) is 5.25. The highest BCUT2D eigenvalue weighted by Gasteiger charge is 2.05. The molecule has 0 radical (unpaired) electrons. The zero-order chi connectivity index (χ0) is 14.5. The normalized spacial score (nSPS) is 11.3. The Hall–Kier alpha value is -2.46. The Kier molecular flexibility index (Phi) is 4.27. The van der Waals surface area contributed by atoms with Gasteiger partial charge in [0.2, 0.25) is 5.71 Å². The van der Waals surface area contributed by atoms with E-state index in [1.54, 1.807) is 17.4 Å². The van der Waals surface area contributed by atoms with Crippen LogP contribution in [0.25, 0.3) is 10.2 Å². The molecule has 0 spiro atoms. The van der Waals surface area contributed by atoms with E-state index in [2.05, 4.69) is 22.4 Å². The summed E-state index contributed by atoms with van der Waals surface area (Å²) in [6.07, 6.45) is 2.04. The molecular formula is C13H14N6S. The van der Waals surface area contributed by atoms with Gasteiger partial charge in [0, 0.05) is 0 Å². The van der Waals surface area contributed by atoms with E-state index >= 15 is 0 Å². The van der Waals surface area contributed by atoms with Crippen molar-refractivity contribution in [3.8, 4) is 6.07 Å². The molecule has 4 N–H and O–H groups in total. The number of fused-ring (bicyclic) bond motifs is 1. The van der Waals surface area contributed by atoms with E-state index in [0.29, 0.717) is 0 Å². The Morgan fingerprint density at radius 1 is 1.60 bits per heavy atom. The molecule has 0 saturated carbocycles. The molecule has 0 saturated heterocycles. The quantitative estimate of drug-likeness (QED) is 0.445. The van der Waals surface area contributed by atoms with Crippen LogP contribution in [0.4, 0.5) is 5.69 Å². The van der Waals surface area contributed by atoms with Crippen LogP contribution >= 0.6 is 11.3 Å². The lowest BCUT2D eigenvalue weighted by Gasteiger charge is -2.00. The Morgan fingerprint density at radius 3 is 3.05 bits per heavy atom. The van der Waals surface area contributed by atoms with Crippen LogP contribution in [0.2, 0.25) is 0 Å². The summed E-state index contributed by atoms with van der Waals surface area (Å²) in [5.74, 6) is -0.357. The number of thiazole rings is 1. The van der Waals surface area contributed by atoms with Gasteiger partial charge in [-0.3, -0.25) is 10.8 Å². The summed E-state index contributed by atoms with van der Waals surface area (Å²) in [6, 6.07) is 7.41. The predicted molar refractivity (Wildman–Crippen MR) is 82.2 cm³/mol. The Morgan fingerprint density at radius 2 is 2.40 bits per heavy atom. The first-order valence-electron chi connectivity index (χ1n) is 6.11. The van der Waals surface area contributed by atoms with Crippen molar-refractivity contribution < 1.29 is 0 Å². The van der Waals surface area contributed by atoms with Crippen LogP contribution in [-0.2, 0) is 6.42 Å². The predicted octanol–water partition coefficient (Wildman–Crippen LogP) is 2.48. The van der Waals surface area contributed by atoms with Crippen molar-refractivity contribution in [1.82, 2.24) is 4.98 Å². The van der Waals surface area contributed by atoms with Crippen LogP contribution in [-0.4, -0.2) is 16.5 Å². The zero-order valence-electron chi connectivity index (χ0n) is 11.0. The first kappa shape index (κ1) is 14.0. The minimum atomic E-state index is -0.357. The van der Waals surface area contributed by atoms with Crippen molar-refractivity contribution in [2.45, 2.75) is 19.8 Å². The molecule has 0 fully saturated rings. The summed E-state index contributed by atoms with van der Waals surface area (Å²) in [6.45, 7) is 2.12. The van der Waals surface area contributed by atoms with Crippen LogP contribution in [0.15, 0.2) is 23.3 Å². The van der Waals surface area contributed by atoms with Gasteiger partial charge in [0.1, 0.15) is 6.07 Å². The van der Waals surface area contributed by atoms with Crippen LogP contribution in [0, 0.1) is 16.7 Å². The molecule has 0 atom stereocenters. The highest BCUT2D eigenvalue weighted by Crippen LogP contribution is 2.26. The van der Waals surface area contributed by atoms with E-state index in [4.69, 9.17) is 16.4 Å². The van der Waals surface area contributed by atoms with Crippen LogP contribution in [0.5, 0.6) is 0 Å². The number of hydrogen-bond acceptors (Lipinski definition) is 6. The third-order valence-electron chi connectivity index (χ3n) is 2.55. The maximum absolute atomic E-state index is 8.76. The number of anilines is 1. The van der Waals surface area contributed by atoms with E-state index in [-0.39, 0.29) is 11.5 Å². The number of aromatic nitrogens is 1. The van der Waals surface area contributed by atoms with Crippen molar-refractivity contribution in [2.24, 2.45) is 10.8 Å². The number of hydrazone groups is 1. The number of nitrogens with zero attached hydrogens (tertiary/aromatic N) is 3. The van der Waals surface area contributed by atoms with Gasteiger partial charge in [0.25, 0.3) is 0 Å². The van der Waals surface area contributed by atoms with Crippen molar-refractivity contribution in [2.75, 3.05) is 5.43 Å². The van der Waals surface area contributed by atoms with Crippen molar-refractivity contribution in [1.29, 1.82) is 10.7 Å². The van der Waals surface area contributed by atoms with Gasteiger partial charge in [0.15, 0.2) is 5.84 Å². The maximum atomic E-state index is 8.76. The Labute approximate surface area is 120 Å². The molecule has 2 rings (SSSR count). The van der Waals surface area contributed by atoms with Crippen molar-refractivity contribution >= 4 is 38.8 Å². The molecule has 0 aliphatic rings. The van der Waals surface area contributed by atoms with Gasteiger partial charge in [-0.05, 0) is 31.0 Å². The molecular weight excluding hydrogens is 272 g/mol. The van der Waals surface area contributed by atoms with Gasteiger partial charge in [-0.2, -0.15) is 10.4 Å². The smallest absolute Gasteiger partial charge is 0.201 e. The van der Waals surface area contributed by atoms with Gasteiger partial charge in [-0.25, -0.2) is 4.98 Å². The number of hydrogen-bond donors (Lipinski definition) is 3. The fourth-order valence-corrected chi connectivity index (χ4v) is 2.74. The number of nitrogens with one attached hydrogen (secondary N) is 2. The summed E-state index contributed by atoms with van der Waals surface area (Å²) in [7, 11) is 0. The monoisotopic (exact) mass is 286 g/mol. The average Bonchev–Trinajstić information content (AvgIpc) is 2.81. The second-order valence-electron chi connectivity index (χ2n) is 4.14. The van der Waals surface area contributed by atoms with Gasteiger partial charge < -0.3 is 5.73 Å². The number of amidine groups is 1. The maximum Gasteiger partial charge on any atom is 0.201 e. The van der Waals surface area contributed by atoms with Gasteiger partial charge in [0.05, 0.1) is 20.9 Å². The highest BCUT2D eigenvalue weighted by atomic mass is 32.1. The second kappa shape index (κ2) is 6.12. The molecule has 7 heteroatoms. The van der Waals surface area contributed by atoms with Crippen molar-refractivity contribution in [3.05, 3.63) is 23.2 Å². The minimum Gasteiger partial charge on any atom is -0.382 e. The van der Waals surface area contributed by atoms with E-state index in [0.717, 1.165) is 33.8 Å². The number of nitriles is 1. The SMILES string of the molecule is CCCc1nc2ccc(N/N=C(\C#N)C(=N)N)cc2s1. The van der Waals surface area contributed by atoms with Crippen LogP contribution in [0.3, 0.4) is 0 Å². The molecule has 1 aromatic heterocycles. The lowest BCUT2D eigenvalue weighted by Crippen LogP contribution is -2.21. The molecule has 0 aliphatic heterocycles. The molecule has 0 aliphatic carbocycles. The summed E-state index contributed by atoms with van der Waals surface area (Å²) in [5.41, 5.74) is 9.51. The van der Waals surface area contributed by atoms with Crippen LogP contribution in [0.1, 0.15) is 18.4 Å². The first-order chi connectivity index (χ1) is 9.63. The largest absolute Gasteiger partial charge is 0.382 e. The summed E-state index contributed by atoms with van der Waals surface area (Å²) in [4.78, 5) is 4.53. The molecule has 1 aromatic carbocycles. The summed E-state index contributed by atoms with van der Waals surface area (Å²) >= 11 is 1.65. The lowest BCUT2D eigenvalue weighted by atomic mass is 10.3. The zero-order valence-corrected chi connectivity index (χ0v) is 11.8. The number of aryl methyl sites for hydroxylation is 1. The van der Waals surface area contributed by atoms with Gasteiger partial charge in [-0.1, -0.05) is 6.92 Å². The number of benzene rings is 1. The molecule has 1 heterocycles. The Bertz CT molecular complexity index is 709. The molecule has 2 aromatic rings. The van der Waals surface area contributed by atoms with E-state index in [9.17, 15) is 0 Å². The first-order valence-corrected chi connectivity index (χ1v) is 6.93.